The van der Waals surface area contributed by atoms with E-state index in [1.165, 1.54) is 94.8 Å². The number of hydrogen-bond donors (Lipinski definition) is 1. The van der Waals surface area contributed by atoms with Gasteiger partial charge in [0.25, 0.3) is 7.82 Å². The van der Waals surface area contributed by atoms with E-state index in [1.807, 2.05) is 0 Å². The molecule has 0 bridgehead atoms. The van der Waals surface area contributed by atoms with E-state index in [9.17, 15) is 9.46 Å². The fourth-order valence-electron chi connectivity index (χ4n) is 4.45. The number of phosphoric acid groups is 1. The average molecular weight is 462 g/mol. The fourth-order valence-corrected chi connectivity index (χ4v) is 5.44. The Morgan fingerprint density at radius 3 is 1.77 bits per heavy atom. The van der Waals surface area contributed by atoms with E-state index < -0.39 is 7.82 Å². The lowest BCUT2D eigenvalue weighted by atomic mass is 10.0. The summed E-state index contributed by atoms with van der Waals surface area (Å²) < 4.78 is 22.4. The van der Waals surface area contributed by atoms with Crippen molar-refractivity contribution in [3.63, 3.8) is 0 Å². The molecule has 0 amide bonds. The minimum absolute atomic E-state index is 0.202. The lowest BCUT2D eigenvalue weighted by Gasteiger charge is -2.27. The molecule has 0 aromatic carbocycles. The van der Waals surface area contributed by atoms with Gasteiger partial charge in [0.1, 0.15) is 0 Å². The van der Waals surface area contributed by atoms with Gasteiger partial charge in [0.05, 0.1) is 32.8 Å². The molecule has 1 aliphatic rings. The monoisotopic (exact) mass is 461 g/mol. The molecule has 0 saturated carbocycles. The van der Waals surface area contributed by atoms with Gasteiger partial charge in [0.2, 0.25) is 0 Å². The summed E-state index contributed by atoms with van der Waals surface area (Å²) in [5, 5.41) is 0. The van der Waals surface area contributed by atoms with Crippen LogP contribution >= 0.6 is 7.82 Å². The minimum atomic E-state index is -4.15. The van der Waals surface area contributed by atoms with Crippen LogP contribution < -0.4 is 9.79 Å². The smallest absolute Gasteiger partial charge is 0.268 e. The molecule has 1 rings (SSSR count). The summed E-state index contributed by atoms with van der Waals surface area (Å²) in [5.74, 6) is 0. The van der Waals surface area contributed by atoms with Crippen LogP contribution in [0.25, 0.3) is 0 Å². The first-order chi connectivity index (χ1) is 15.0. The third-order valence-corrected chi connectivity index (χ3v) is 7.60. The highest BCUT2D eigenvalue weighted by molar-refractivity contribution is 7.45. The zero-order valence-corrected chi connectivity index (χ0v) is 21.6. The molecule has 6 heteroatoms. The molecule has 0 aromatic heterocycles. The average Bonchev–Trinajstić information content (AvgIpc) is 2.94. The fraction of sp³-hybridized carbons (Fsp3) is 1.00. The molecule has 186 valence electrons. The minimum Gasteiger partial charge on any atom is -0.756 e. The number of phosphoric ester groups is 1. The van der Waals surface area contributed by atoms with E-state index in [1.54, 1.807) is 0 Å². The summed E-state index contributed by atoms with van der Waals surface area (Å²) in [5.41, 5.74) is 0. The van der Waals surface area contributed by atoms with Crippen LogP contribution in [0.4, 0.5) is 0 Å². The van der Waals surface area contributed by atoms with Gasteiger partial charge >= 0.3 is 0 Å². The summed E-state index contributed by atoms with van der Waals surface area (Å²) in [6.07, 6.45) is 23.3. The zero-order chi connectivity index (χ0) is 22.6. The van der Waals surface area contributed by atoms with Crippen molar-refractivity contribution >= 4 is 7.82 Å². The van der Waals surface area contributed by atoms with Crippen molar-refractivity contribution in [2.75, 3.05) is 26.7 Å². The molecule has 0 aromatic rings. The molecule has 3 unspecified atom stereocenters. The topological polar surface area (TPSA) is 63.0 Å². The molecule has 0 radical (unpaired) electrons. The first kappa shape index (κ1) is 29.1. The van der Waals surface area contributed by atoms with Crippen molar-refractivity contribution in [2.24, 2.45) is 0 Å². The van der Waals surface area contributed by atoms with E-state index >= 15 is 0 Å². The van der Waals surface area contributed by atoms with Gasteiger partial charge in [-0.2, -0.15) is 0 Å². The van der Waals surface area contributed by atoms with Crippen LogP contribution in [0.1, 0.15) is 129 Å². The van der Waals surface area contributed by atoms with Gasteiger partial charge in [0.15, 0.2) is 0 Å². The second-order valence-electron chi connectivity index (χ2n) is 9.70. The van der Waals surface area contributed by atoms with Crippen LogP contribution in [0.5, 0.6) is 0 Å². The lowest BCUT2D eigenvalue weighted by molar-refractivity contribution is -0.878. The highest BCUT2D eigenvalue weighted by Crippen LogP contribution is 2.41. The van der Waals surface area contributed by atoms with Gasteiger partial charge in [-0.25, -0.2) is 0 Å². The standard InChI is InChI=1S/C25H52NO4P/c1-3-4-5-6-7-8-9-10-11-12-13-14-15-16-17-18-24-29-31(27,28)30-25-20-19-22-26(2)23-21-25/h25H,3-24H2,1-2H3,(H,27,28). The summed E-state index contributed by atoms with van der Waals surface area (Å²) in [4.78, 5) is 13.5. The highest BCUT2D eigenvalue weighted by atomic mass is 31.2. The van der Waals surface area contributed by atoms with Crippen LogP contribution in [0.2, 0.25) is 0 Å². The Kier molecular flexibility index (Phi) is 18.3. The van der Waals surface area contributed by atoms with Crippen LogP contribution in [0, 0.1) is 0 Å². The molecule has 1 fully saturated rings. The van der Waals surface area contributed by atoms with Gasteiger partial charge in [-0.3, -0.25) is 4.57 Å². The summed E-state index contributed by atoms with van der Waals surface area (Å²) in [6, 6.07) is 0. The number of nitrogens with one attached hydrogen (secondary N) is 1. The Hall–Kier alpha value is 0.0700. The highest BCUT2D eigenvalue weighted by Gasteiger charge is 2.22. The summed E-state index contributed by atoms with van der Waals surface area (Å²) in [7, 11) is -2.00. The molecule has 1 saturated heterocycles. The molecule has 0 aliphatic carbocycles. The van der Waals surface area contributed by atoms with Gasteiger partial charge in [-0.1, -0.05) is 103 Å². The second kappa shape index (κ2) is 19.5. The number of hydrogen-bond acceptors (Lipinski definition) is 4. The molecular weight excluding hydrogens is 409 g/mol. The van der Waals surface area contributed by atoms with E-state index in [0.717, 1.165) is 45.2 Å². The molecule has 31 heavy (non-hydrogen) atoms. The maximum Gasteiger partial charge on any atom is 0.268 e. The maximum absolute atomic E-state index is 12.0. The van der Waals surface area contributed by atoms with E-state index in [0.29, 0.717) is 0 Å². The van der Waals surface area contributed by atoms with E-state index in [-0.39, 0.29) is 12.7 Å². The molecule has 3 atom stereocenters. The van der Waals surface area contributed by atoms with Gasteiger partial charge in [-0.05, 0) is 19.3 Å². The second-order valence-corrected chi connectivity index (χ2v) is 11.1. The van der Waals surface area contributed by atoms with Crippen molar-refractivity contribution in [3.8, 4) is 0 Å². The van der Waals surface area contributed by atoms with Crippen molar-refractivity contribution in [1.82, 2.24) is 0 Å². The quantitative estimate of drug-likeness (QED) is 0.183. The molecule has 1 aliphatic heterocycles. The number of likely N-dealkylation sites (tertiary alicyclic amines) is 1. The first-order valence-electron chi connectivity index (χ1n) is 13.5. The van der Waals surface area contributed by atoms with Gasteiger partial charge in [-0.15, -0.1) is 0 Å². The van der Waals surface area contributed by atoms with Crippen LogP contribution in [-0.2, 0) is 13.6 Å². The van der Waals surface area contributed by atoms with Crippen molar-refractivity contribution in [3.05, 3.63) is 0 Å². The largest absolute Gasteiger partial charge is 0.756 e. The number of unbranched alkanes of at least 4 members (excludes halogenated alkanes) is 15. The maximum atomic E-state index is 12.0. The Labute approximate surface area is 193 Å². The van der Waals surface area contributed by atoms with Crippen molar-refractivity contribution < 1.29 is 23.4 Å². The Morgan fingerprint density at radius 2 is 1.26 bits per heavy atom. The third-order valence-electron chi connectivity index (χ3n) is 6.55. The van der Waals surface area contributed by atoms with Gasteiger partial charge in [0, 0.05) is 6.42 Å². The summed E-state index contributed by atoms with van der Waals surface area (Å²) in [6.45, 7) is 4.58. The van der Waals surface area contributed by atoms with Crippen molar-refractivity contribution in [1.29, 1.82) is 0 Å². The third kappa shape index (κ3) is 18.2. The van der Waals surface area contributed by atoms with Crippen molar-refractivity contribution in [2.45, 2.75) is 135 Å². The first-order valence-corrected chi connectivity index (χ1v) is 14.9. The normalized spacial score (nSPS) is 21.6. The number of quaternary nitrogens is 1. The number of rotatable bonds is 20. The summed E-state index contributed by atoms with van der Waals surface area (Å²) >= 11 is 0. The molecule has 5 nitrogen and oxygen atoms in total. The molecule has 1 N–H and O–H groups in total. The predicted molar refractivity (Wildman–Crippen MR) is 128 cm³/mol. The molecule has 1 heterocycles. The van der Waals surface area contributed by atoms with Crippen LogP contribution in [0.15, 0.2) is 0 Å². The predicted octanol–water partition coefficient (Wildman–Crippen LogP) is 5.82. The van der Waals surface area contributed by atoms with Crippen LogP contribution in [-0.4, -0.2) is 32.8 Å². The zero-order valence-electron chi connectivity index (χ0n) is 20.7. The molecular formula is C25H52NO4P. The Bertz CT molecular complexity index is 449. The lowest BCUT2D eigenvalue weighted by Crippen LogP contribution is -3.08. The van der Waals surface area contributed by atoms with E-state index in [2.05, 4.69) is 14.0 Å². The SMILES string of the molecule is CCCCCCCCCCCCCCCCCCOP(=O)([O-])OC1CCC[NH+](C)CC1. The van der Waals surface area contributed by atoms with Crippen LogP contribution in [0.3, 0.4) is 0 Å². The molecule has 0 spiro atoms. The Balaban J connectivity index is 1.84. The van der Waals surface area contributed by atoms with E-state index in [4.69, 9.17) is 9.05 Å². The Morgan fingerprint density at radius 1 is 0.774 bits per heavy atom. The van der Waals surface area contributed by atoms with Gasteiger partial charge < -0.3 is 18.8 Å².